The topological polar surface area (TPSA) is 90.9 Å². The molecule has 0 saturated carbocycles. The Bertz CT molecular complexity index is 364. The highest BCUT2D eigenvalue weighted by atomic mass is 16.6. The normalized spacial score (nSPS) is 12.1. The number of alkyl carbamates (subject to hydrolysis) is 1. The van der Waals surface area contributed by atoms with Crippen LogP contribution in [0.3, 0.4) is 0 Å². The Hall–Kier alpha value is -2.05. The molecule has 0 radical (unpaired) electrons. The van der Waals surface area contributed by atoms with Gasteiger partial charge < -0.3 is 19.5 Å². The molecule has 1 atom stereocenters. The maximum absolute atomic E-state index is 11.3. The zero-order valence-corrected chi connectivity index (χ0v) is 12.2. The molecule has 0 rings (SSSR count). The van der Waals surface area contributed by atoms with Gasteiger partial charge in [0, 0.05) is 12.2 Å². The second-order valence-corrected chi connectivity index (χ2v) is 4.20. The predicted octanol–water partition coefficient (Wildman–Crippen LogP) is 1.03. The van der Waals surface area contributed by atoms with Crippen molar-refractivity contribution in [2.75, 3.05) is 20.3 Å². The molecule has 0 bridgehead atoms. The van der Waals surface area contributed by atoms with Crippen molar-refractivity contribution < 1.29 is 28.6 Å². The first kappa shape index (κ1) is 17.9. The number of methoxy groups -OCH3 is 1. The number of amides is 1. The summed E-state index contributed by atoms with van der Waals surface area (Å²) in [5.41, 5.74) is 0. The van der Waals surface area contributed by atoms with Gasteiger partial charge in [0.15, 0.2) is 0 Å². The van der Waals surface area contributed by atoms with E-state index in [0.29, 0.717) is 0 Å². The summed E-state index contributed by atoms with van der Waals surface area (Å²) in [6.07, 6.45) is 1.37. The number of nitrogens with one attached hydrogen (secondary N) is 1. The molecule has 7 nitrogen and oxygen atoms in total. The van der Waals surface area contributed by atoms with Gasteiger partial charge in [-0.15, -0.1) is 0 Å². The molecule has 0 aromatic rings. The summed E-state index contributed by atoms with van der Waals surface area (Å²) >= 11 is 0. The van der Waals surface area contributed by atoms with Gasteiger partial charge in [-0.25, -0.2) is 14.4 Å². The van der Waals surface area contributed by atoms with Crippen LogP contribution in [-0.4, -0.2) is 44.4 Å². The Morgan fingerprint density at radius 1 is 1.10 bits per heavy atom. The molecule has 1 amide bonds. The summed E-state index contributed by atoms with van der Waals surface area (Å²) in [6, 6.07) is -0.371. The van der Waals surface area contributed by atoms with Gasteiger partial charge in [0.1, 0.15) is 6.61 Å². The SMILES string of the molecule is CCOC(=O)N[C@H](COC(=O)/C=C/C(=O)OC)C(C)C. The van der Waals surface area contributed by atoms with Gasteiger partial charge in [0.05, 0.1) is 19.8 Å². The Morgan fingerprint density at radius 2 is 1.70 bits per heavy atom. The predicted molar refractivity (Wildman–Crippen MR) is 70.9 cm³/mol. The number of hydrogen-bond donors (Lipinski definition) is 1. The first-order valence-electron chi connectivity index (χ1n) is 6.26. The minimum absolute atomic E-state index is 0.0131. The van der Waals surface area contributed by atoms with E-state index in [-0.39, 0.29) is 25.2 Å². The van der Waals surface area contributed by atoms with Crippen molar-refractivity contribution in [2.45, 2.75) is 26.8 Å². The van der Waals surface area contributed by atoms with Crippen LogP contribution in [0, 0.1) is 5.92 Å². The minimum atomic E-state index is -0.688. The molecule has 114 valence electrons. The maximum atomic E-state index is 11.3. The fourth-order valence-electron chi connectivity index (χ4n) is 1.15. The monoisotopic (exact) mass is 287 g/mol. The van der Waals surface area contributed by atoms with E-state index in [0.717, 1.165) is 12.2 Å². The van der Waals surface area contributed by atoms with Crippen molar-refractivity contribution in [3.05, 3.63) is 12.2 Å². The van der Waals surface area contributed by atoms with E-state index in [1.807, 2.05) is 13.8 Å². The smallest absolute Gasteiger partial charge is 0.407 e. The van der Waals surface area contributed by atoms with E-state index in [1.54, 1.807) is 6.92 Å². The maximum Gasteiger partial charge on any atom is 0.407 e. The number of carbonyl (C=O) groups excluding carboxylic acids is 3. The van der Waals surface area contributed by atoms with E-state index in [2.05, 4.69) is 10.1 Å². The van der Waals surface area contributed by atoms with Crippen LogP contribution >= 0.6 is 0 Å². The van der Waals surface area contributed by atoms with Crippen LogP contribution < -0.4 is 5.32 Å². The van der Waals surface area contributed by atoms with Crippen molar-refractivity contribution in [2.24, 2.45) is 5.92 Å². The highest BCUT2D eigenvalue weighted by Crippen LogP contribution is 2.03. The summed E-state index contributed by atoms with van der Waals surface area (Å²) in [6.45, 7) is 5.69. The highest BCUT2D eigenvalue weighted by molar-refractivity contribution is 5.91. The average molecular weight is 287 g/mol. The van der Waals surface area contributed by atoms with E-state index in [4.69, 9.17) is 9.47 Å². The summed E-state index contributed by atoms with van der Waals surface area (Å²) in [5.74, 6) is -1.28. The second kappa shape index (κ2) is 9.82. The van der Waals surface area contributed by atoms with Gasteiger partial charge in [-0.2, -0.15) is 0 Å². The van der Waals surface area contributed by atoms with E-state index in [1.165, 1.54) is 7.11 Å². The Morgan fingerprint density at radius 3 is 2.20 bits per heavy atom. The van der Waals surface area contributed by atoms with Crippen LogP contribution in [0.15, 0.2) is 12.2 Å². The fraction of sp³-hybridized carbons (Fsp3) is 0.615. The first-order valence-corrected chi connectivity index (χ1v) is 6.26. The van der Waals surface area contributed by atoms with Crippen LogP contribution in [0.2, 0.25) is 0 Å². The lowest BCUT2D eigenvalue weighted by Gasteiger charge is -2.21. The number of esters is 2. The molecule has 7 heteroatoms. The third kappa shape index (κ3) is 8.12. The number of hydrogen-bond acceptors (Lipinski definition) is 6. The van der Waals surface area contributed by atoms with Gasteiger partial charge in [-0.1, -0.05) is 13.8 Å². The lowest BCUT2D eigenvalue weighted by Crippen LogP contribution is -2.42. The van der Waals surface area contributed by atoms with Gasteiger partial charge in [-0.3, -0.25) is 0 Å². The molecular weight excluding hydrogens is 266 g/mol. The lowest BCUT2D eigenvalue weighted by molar-refractivity contribution is -0.140. The molecule has 20 heavy (non-hydrogen) atoms. The zero-order chi connectivity index (χ0) is 15.5. The third-order valence-electron chi connectivity index (χ3n) is 2.35. The Balaban J connectivity index is 4.27. The van der Waals surface area contributed by atoms with Crippen LogP contribution in [0.4, 0.5) is 4.79 Å². The molecular formula is C13H21NO6. The van der Waals surface area contributed by atoms with Crippen LogP contribution in [0.5, 0.6) is 0 Å². The van der Waals surface area contributed by atoms with Crippen molar-refractivity contribution in [3.8, 4) is 0 Å². The first-order chi connectivity index (χ1) is 9.40. The Kier molecular flexibility index (Phi) is 8.82. The quantitative estimate of drug-likeness (QED) is 0.427. The highest BCUT2D eigenvalue weighted by Gasteiger charge is 2.18. The van der Waals surface area contributed by atoms with Crippen molar-refractivity contribution in [1.82, 2.24) is 5.32 Å². The Labute approximate surface area is 118 Å². The lowest BCUT2D eigenvalue weighted by atomic mass is 10.1. The average Bonchev–Trinajstić information content (AvgIpc) is 2.40. The largest absolute Gasteiger partial charge is 0.466 e. The second-order valence-electron chi connectivity index (χ2n) is 4.20. The fourth-order valence-corrected chi connectivity index (χ4v) is 1.15. The van der Waals surface area contributed by atoms with Gasteiger partial charge in [-0.05, 0) is 12.8 Å². The molecule has 0 fully saturated rings. The van der Waals surface area contributed by atoms with Gasteiger partial charge in [0.25, 0.3) is 0 Å². The summed E-state index contributed by atoms with van der Waals surface area (Å²) in [7, 11) is 1.20. The van der Waals surface area contributed by atoms with Crippen molar-refractivity contribution in [1.29, 1.82) is 0 Å². The minimum Gasteiger partial charge on any atom is -0.466 e. The van der Waals surface area contributed by atoms with E-state index < -0.39 is 18.0 Å². The van der Waals surface area contributed by atoms with Crippen LogP contribution in [-0.2, 0) is 23.8 Å². The van der Waals surface area contributed by atoms with E-state index >= 15 is 0 Å². The molecule has 0 saturated heterocycles. The molecule has 0 heterocycles. The number of ether oxygens (including phenoxy) is 3. The molecule has 0 aliphatic carbocycles. The standard InChI is InChI=1S/C13H21NO6/c1-5-19-13(17)14-10(9(2)3)8-20-12(16)7-6-11(15)18-4/h6-7,9-10H,5,8H2,1-4H3,(H,14,17)/b7-6+/t10-/m1/s1. The summed E-state index contributed by atoms with van der Waals surface area (Å²) < 4.78 is 14.0. The van der Waals surface area contributed by atoms with Gasteiger partial charge in [0.2, 0.25) is 0 Å². The molecule has 0 spiro atoms. The zero-order valence-electron chi connectivity index (χ0n) is 12.2. The summed E-state index contributed by atoms with van der Waals surface area (Å²) in [4.78, 5) is 33.4. The van der Waals surface area contributed by atoms with Crippen molar-refractivity contribution in [3.63, 3.8) is 0 Å². The third-order valence-corrected chi connectivity index (χ3v) is 2.35. The number of carbonyl (C=O) groups is 3. The van der Waals surface area contributed by atoms with Crippen LogP contribution in [0.25, 0.3) is 0 Å². The van der Waals surface area contributed by atoms with Gasteiger partial charge >= 0.3 is 18.0 Å². The molecule has 0 aromatic heterocycles. The van der Waals surface area contributed by atoms with Crippen molar-refractivity contribution >= 4 is 18.0 Å². The van der Waals surface area contributed by atoms with E-state index in [9.17, 15) is 14.4 Å². The van der Waals surface area contributed by atoms with Crippen LogP contribution in [0.1, 0.15) is 20.8 Å². The molecule has 0 aliphatic heterocycles. The molecule has 0 aromatic carbocycles. The molecule has 1 N–H and O–H groups in total. The molecule has 0 aliphatic rings. The summed E-state index contributed by atoms with van der Waals surface area (Å²) in [5, 5.41) is 2.59. The molecule has 0 unspecified atom stereocenters. The number of rotatable bonds is 7.